The van der Waals surface area contributed by atoms with Crippen molar-refractivity contribution < 1.29 is 19.8 Å². The molecule has 2 unspecified atom stereocenters. The maximum atomic E-state index is 12.9. The van der Waals surface area contributed by atoms with Gasteiger partial charge in [-0.15, -0.1) is 0 Å². The molecular formula is C29H26N2O4S2. The number of anilines is 2. The van der Waals surface area contributed by atoms with E-state index in [-0.39, 0.29) is 25.5 Å². The van der Waals surface area contributed by atoms with Crippen LogP contribution in [0.25, 0.3) is 16.8 Å². The molecule has 8 heteroatoms. The van der Waals surface area contributed by atoms with E-state index in [9.17, 15) is 14.7 Å². The number of carboxylic acid groups (broad SMARTS) is 1. The molecule has 2 heterocycles. The van der Waals surface area contributed by atoms with Crippen LogP contribution in [-0.4, -0.2) is 43.9 Å². The highest BCUT2D eigenvalue weighted by atomic mass is 32.2. The molecule has 1 aliphatic carbocycles. The van der Waals surface area contributed by atoms with Crippen LogP contribution in [0, 0.1) is 0 Å². The van der Waals surface area contributed by atoms with Crippen molar-refractivity contribution in [1.82, 2.24) is 4.90 Å². The van der Waals surface area contributed by atoms with Crippen LogP contribution in [0.3, 0.4) is 0 Å². The molecule has 2 fully saturated rings. The van der Waals surface area contributed by atoms with Crippen LogP contribution in [-0.2, 0) is 16.2 Å². The molecular weight excluding hydrogens is 504 g/mol. The zero-order valence-electron chi connectivity index (χ0n) is 20.1. The van der Waals surface area contributed by atoms with Gasteiger partial charge in [-0.25, -0.2) is 0 Å². The van der Waals surface area contributed by atoms with Crippen LogP contribution >= 0.6 is 24.0 Å². The molecule has 37 heavy (non-hydrogen) atoms. The van der Waals surface area contributed by atoms with Crippen molar-refractivity contribution >= 4 is 68.4 Å². The van der Waals surface area contributed by atoms with Gasteiger partial charge in [0, 0.05) is 29.9 Å². The molecule has 0 radical (unpaired) electrons. The summed E-state index contributed by atoms with van der Waals surface area (Å²) in [6, 6.07) is 19.4. The Labute approximate surface area is 224 Å². The van der Waals surface area contributed by atoms with E-state index < -0.39 is 5.97 Å². The van der Waals surface area contributed by atoms with E-state index in [2.05, 4.69) is 41.3 Å². The predicted octanol–water partition coefficient (Wildman–Crippen LogP) is 5.80. The van der Waals surface area contributed by atoms with Crippen LogP contribution < -0.4 is 4.90 Å². The fourth-order valence-electron chi connectivity index (χ4n) is 5.88. The molecule has 6 rings (SSSR count). The minimum atomic E-state index is -0.950. The summed E-state index contributed by atoms with van der Waals surface area (Å²) >= 11 is 6.57. The van der Waals surface area contributed by atoms with Gasteiger partial charge >= 0.3 is 5.97 Å². The molecule has 0 aromatic heterocycles. The Hall–Kier alpha value is -3.20. The van der Waals surface area contributed by atoms with Gasteiger partial charge in [-0.3, -0.25) is 14.5 Å². The first-order valence-corrected chi connectivity index (χ1v) is 13.7. The van der Waals surface area contributed by atoms with E-state index in [4.69, 9.17) is 17.3 Å². The van der Waals surface area contributed by atoms with Crippen LogP contribution in [0.1, 0.15) is 48.3 Å². The van der Waals surface area contributed by atoms with Crippen LogP contribution in [0.15, 0.2) is 59.5 Å². The Balaban J connectivity index is 1.32. The molecule has 1 amide bonds. The largest absolute Gasteiger partial charge is 0.481 e. The summed E-state index contributed by atoms with van der Waals surface area (Å²) in [5, 5.41) is 20.7. The van der Waals surface area contributed by atoms with Crippen molar-refractivity contribution in [2.45, 2.75) is 44.2 Å². The zero-order chi connectivity index (χ0) is 25.7. The van der Waals surface area contributed by atoms with Crippen molar-refractivity contribution in [3.8, 4) is 0 Å². The number of nitrogens with zero attached hydrogens (tertiary/aromatic N) is 2. The number of carboxylic acids is 1. The van der Waals surface area contributed by atoms with E-state index in [0.29, 0.717) is 21.2 Å². The summed E-state index contributed by atoms with van der Waals surface area (Å²) in [6.45, 7) is 0.128. The Morgan fingerprint density at radius 2 is 1.89 bits per heavy atom. The van der Waals surface area contributed by atoms with E-state index in [0.717, 1.165) is 34.7 Å². The maximum absolute atomic E-state index is 12.9. The van der Waals surface area contributed by atoms with Crippen LogP contribution in [0.4, 0.5) is 11.4 Å². The normalized spacial score (nSPS) is 21.8. The first-order chi connectivity index (χ1) is 17.9. The third-order valence-electron chi connectivity index (χ3n) is 7.59. The topological polar surface area (TPSA) is 81.1 Å². The Bertz CT molecular complexity index is 1480. The van der Waals surface area contributed by atoms with Gasteiger partial charge in [-0.05, 0) is 76.7 Å². The lowest BCUT2D eigenvalue weighted by molar-refractivity contribution is -0.137. The first kappa shape index (κ1) is 24.2. The van der Waals surface area contributed by atoms with Gasteiger partial charge in [0.1, 0.15) is 4.32 Å². The summed E-state index contributed by atoms with van der Waals surface area (Å²) in [7, 11) is 0. The van der Waals surface area contributed by atoms with Crippen molar-refractivity contribution in [3.63, 3.8) is 0 Å². The second kappa shape index (κ2) is 9.59. The first-order valence-electron chi connectivity index (χ1n) is 12.5. The SMILES string of the molecule is O=C(O)CCN1C(=O)/C(=C\c2ccc3c(c2)C2CCCC2N3c2ccc3cc(CO)ccc3c2)SC1=S. The molecule has 188 valence electrons. The van der Waals surface area contributed by atoms with E-state index in [1.165, 1.54) is 40.0 Å². The Kier molecular flexibility index (Phi) is 6.26. The number of carbonyl (C=O) groups excluding carboxylic acids is 1. The lowest BCUT2D eigenvalue weighted by Crippen LogP contribution is -2.30. The van der Waals surface area contributed by atoms with E-state index >= 15 is 0 Å². The van der Waals surface area contributed by atoms with Gasteiger partial charge in [0.2, 0.25) is 0 Å². The van der Waals surface area contributed by atoms with Gasteiger partial charge in [-0.2, -0.15) is 0 Å². The third kappa shape index (κ3) is 4.33. The number of carbonyl (C=O) groups is 2. The molecule has 1 saturated heterocycles. The number of aliphatic carboxylic acids is 1. The molecule has 3 aromatic carbocycles. The summed E-state index contributed by atoms with van der Waals surface area (Å²) < 4.78 is 0.406. The number of aliphatic hydroxyl groups excluding tert-OH is 1. The third-order valence-corrected chi connectivity index (χ3v) is 8.97. The maximum Gasteiger partial charge on any atom is 0.305 e. The quantitative estimate of drug-likeness (QED) is 0.308. The van der Waals surface area contributed by atoms with Crippen LogP contribution in [0.2, 0.25) is 0 Å². The predicted molar refractivity (Wildman–Crippen MR) is 151 cm³/mol. The number of amides is 1. The number of thiocarbonyl (C=S) groups is 1. The smallest absolute Gasteiger partial charge is 0.305 e. The lowest BCUT2D eigenvalue weighted by atomic mass is 9.96. The van der Waals surface area contributed by atoms with Crippen LogP contribution in [0.5, 0.6) is 0 Å². The molecule has 1 saturated carbocycles. The number of hydrogen-bond acceptors (Lipinski definition) is 6. The lowest BCUT2D eigenvalue weighted by Gasteiger charge is -2.27. The van der Waals surface area contributed by atoms with Crippen molar-refractivity contribution in [2.75, 3.05) is 11.4 Å². The molecule has 2 aliphatic heterocycles. The zero-order valence-corrected chi connectivity index (χ0v) is 21.7. The van der Waals surface area contributed by atoms with E-state index in [1.54, 1.807) is 0 Å². The van der Waals surface area contributed by atoms with Crippen molar-refractivity contribution in [2.24, 2.45) is 0 Å². The number of thioether (sulfide) groups is 1. The fraction of sp³-hybridized carbons (Fsp3) is 0.276. The number of rotatable bonds is 6. The van der Waals surface area contributed by atoms with Gasteiger partial charge in [0.15, 0.2) is 0 Å². The molecule has 6 nitrogen and oxygen atoms in total. The number of aliphatic hydroxyl groups is 1. The molecule has 3 aliphatic rings. The number of fused-ring (bicyclic) bond motifs is 4. The van der Waals surface area contributed by atoms with Crippen molar-refractivity contribution in [1.29, 1.82) is 0 Å². The van der Waals surface area contributed by atoms with Gasteiger partial charge in [-0.1, -0.05) is 54.7 Å². The second-order valence-electron chi connectivity index (χ2n) is 9.79. The molecule has 3 aromatic rings. The summed E-state index contributed by atoms with van der Waals surface area (Å²) in [5.74, 6) is -0.729. The van der Waals surface area contributed by atoms with Gasteiger partial charge in [0.05, 0.1) is 17.9 Å². The highest BCUT2D eigenvalue weighted by Gasteiger charge is 2.42. The fourth-order valence-corrected chi connectivity index (χ4v) is 7.19. The number of benzene rings is 3. The Morgan fingerprint density at radius 3 is 2.70 bits per heavy atom. The average Bonchev–Trinajstić information content (AvgIpc) is 3.55. The number of hydrogen-bond donors (Lipinski definition) is 2. The average molecular weight is 531 g/mol. The molecule has 2 atom stereocenters. The summed E-state index contributed by atoms with van der Waals surface area (Å²) in [6.07, 6.45) is 5.21. The molecule has 2 N–H and O–H groups in total. The van der Waals surface area contributed by atoms with Gasteiger partial charge in [0.25, 0.3) is 5.91 Å². The molecule has 0 spiro atoms. The van der Waals surface area contributed by atoms with Crippen molar-refractivity contribution in [3.05, 3.63) is 76.2 Å². The highest BCUT2D eigenvalue weighted by Crippen LogP contribution is 2.53. The minimum absolute atomic E-state index is 0.0374. The monoisotopic (exact) mass is 530 g/mol. The summed E-state index contributed by atoms with van der Waals surface area (Å²) in [5.41, 5.74) is 5.57. The van der Waals surface area contributed by atoms with Gasteiger partial charge < -0.3 is 15.1 Å². The Morgan fingerprint density at radius 1 is 1.08 bits per heavy atom. The molecule has 0 bridgehead atoms. The van der Waals surface area contributed by atoms with E-state index in [1.807, 2.05) is 24.3 Å². The summed E-state index contributed by atoms with van der Waals surface area (Å²) in [4.78, 5) is 28.2. The standard InChI is InChI=1S/C29H26N2O4S2/c32-16-18-4-6-20-15-21(8-7-19(20)12-18)31-24-3-1-2-22(24)23-13-17(5-9-25(23)31)14-26-28(35)30(29(36)37-26)11-10-27(33)34/h4-9,12-15,22,24,32H,1-3,10-11,16H2,(H,33,34)/b26-14+. The highest BCUT2D eigenvalue weighted by molar-refractivity contribution is 8.26. The second-order valence-corrected chi connectivity index (χ2v) is 11.5. The minimum Gasteiger partial charge on any atom is -0.481 e.